The number of aliphatic hydroxyl groups excluding tert-OH is 2. The van der Waals surface area contributed by atoms with Crippen molar-refractivity contribution in [3.05, 3.63) is 29.8 Å². The Labute approximate surface area is 144 Å². The molecule has 1 aromatic rings. The molecule has 0 spiro atoms. The molecule has 1 fully saturated rings. The standard InChI is InChI=1S/C19H29NO4/c1-3-6-15-8-9-18(19(11-15)23-2)24-14-17(22)12-20-10-5-4-7-16(20)13-21/h3,6,8-9,11,16-17,21-22H,4-5,7,10,12-14H2,1-2H3/b6-3+. The molecule has 1 saturated heterocycles. The fourth-order valence-electron chi connectivity index (χ4n) is 3.12. The molecular formula is C19H29NO4. The van der Waals surface area contributed by atoms with Gasteiger partial charge in [-0.25, -0.2) is 0 Å². The molecular weight excluding hydrogens is 306 g/mol. The van der Waals surface area contributed by atoms with Gasteiger partial charge in [0.05, 0.1) is 13.7 Å². The Morgan fingerprint density at radius 1 is 1.33 bits per heavy atom. The highest BCUT2D eigenvalue weighted by atomic mass is 16.5. The second-order valence-electron chi connectivity index (χ2n) is 6.20. The summed E-state index contributed by atoms with van der Waals surface area (Å²) in [6.07, 6.45) is 6.61. The van der Waals surface area contributed by atoms with Crippen LogP contribution < -0.4 is 9.47 Å². The average molecular weight is 335 g/mol. The summed E-state index contributed by atoms with van der Waals surface area (Å²) in [4.78, 5) is 2.16. The number of piperidine rings is 1. The normalized spacial score (nSPS) is 20.2. The highest BCUT2D eigenvalue weighted by Gasteiger charge is 2.24. The van der Waals surface area contributed by atoms with Gasteiger partial charge in [-0.1, -0.05) is 24.6 Å². The Hall–Kier alpha value is -1.56. The van der Waals surface area contributed by atoms with E-state index >= 15 is 0 Å². The predicted molar refractivity (Wildman–Crippen MR) is 95.5 cm³/mol. The topological polar surface area (TPSA) is 62.2 Å². The van der Waals surface area contributed by atoms with Crippen LogP contribution in [0.2, 0.25) is 0 Å². The number of hydrogen-bond acceptors (Lipinski definition) is 5. The van der Waals surface area contributed by atoms with Gasteiger partial charge in [0.2, 0.25) is 0 Å². The van der Waals surface area contributed by atoms with Crippen molar-refractivity contribution in [2.24, 2.45) is 0 Å². The van der Waals surface area contributed by atoms with Crippen LogP contribution in [-0.4, -0.2) is 60.7 Å². The maximum atomic E-state index is 10.3. The van der Waals surface area contributed by atoms with E-state index in [9.17, 15) is 10.2 Å². The van der Waals surface area contributed by atoms with Crippen LogP contribution in [0.25, 0.3) is 6.08 Å². The molecule has 1 aromatic carbocycles. The van der Waals surface area contributed by atoms with Gasteiger partial charge in [-0.3, -0.25) is 4.90 Å². The van der Waals surface area contributed by atoms with Crippen LogP contribution in [0.5, 0.6) is 11.5 Å². The highest BCUT2D eigenvalue weighted by Crippen LogP contribution is 2.28. The summed E-state index contributed by atoms with van der Waals surface area (Å²) in [5, 5.41) is 19.7. The molecule has 24 heavy (non-hydrogen) atoms. The van der Waals surface area contributed by atoms with E-state index in [4.69, 9.17) is 9.47 Å². The van der Waals surface area contributed by atoms with Crippen LogP contribution in [0.4, 0.5) is 0 Å². The molecule has 5 nitrogen and oxygen atoms in total. The molecule has 0 radical (unpaired) electrons. The second-order valence-corrected chi connectivity index (χ2v) is 6.20. The molecule has 2 unspecified atom stereocenters. The van der Waals surface area contributed by atoms with Crippen LogP contribution in [0.1, 0.15) is 31.7 Å². The SMILES string of the molecule is C/C=C/c1ccc(OCC(O)CN2CCCCC2CO)c(OC)c1. The van der Waals surface area contributed by atoms with E-state index in [0.29, 0.717) is 18.0 Å². The summed E-state index contributed by atoms with van der Waals surface area (Å²) >= 11 is 0. The Kier molecular flexibility index (Phi) is 7.56. The van der Waals surface area contributed by atoms with Crippen molar-refractivity contribution in [3.8, 4) is 11.5 Å². The number of aliphatic hydroxyl groups is 2. The lowest BCUT2D eigenvalue weighted by Gasteiger charge is -2.35. The summed E-state index contributed by atoms with van der Waals surface area (Å²) in [6.45, 7) is 3.75. The predicted octanol–water partition coefficient (Wildman–Crippen LogP) is 2.31. The number of benzene rings is 1. The number of β-amino-alcohol motifs (C(OH)–C–C–N with tert-alkyl or cyclic N) is 1. The van der Waals surface area contributed by atoms with Crippen molar-refractivity contribution >= 4 is 6.08 Å². The van der Waals surface area contributed by atoms with Gasteiger partial charge in [0.25, 0.3) is 0 Å². The van der Waals surface area contributed by atoms with Gasteiger partial charge in [0.15, 0.2) is 11.5 Å². The summed E-state index contributed by atoms with van der Waals surface area (Å²) in [5.74, 6) is 1.28. The van der Waals surface area contributed by atoms with Crippen molar-refractivity contribution < 1.29 is 19.7 Å². The number of likely N-dealkylation sites (tertiary alicyclic amines) is 1. The molecule has 5 heteroatoms. The molecule has 2 atom stereocenters. The van der Waals surface area contributed by atoms with E-state index in [0.717, 1.165) is 31.4 Å². The Balaban J connectivity index is 1.90. The first kappa shape index (κ1) is 18.8. The minimum Gasteiger partial charge on any atom is -0.493 e. The third-order valence-electron chi connectivity index (χ3n) is 4.38. The van der Waals surface area contributed by atoms with Gasteiger partial charge in [0, 0.05) is 12.6 Å². The summed E-state index contributed by atoms with van der Waals surface area (Å²) < 4.78 is 11.1. The Morgan fingerprint density at radius 2 is 2.17 bits per heavy atom. The van der Waals surface area contributed by atoms with Crippen molar-refractivity contribution in [1.29, 1.82) is 0 Å². The van der Waals surface area contributed by atoms with Crippen molar-refractivity contribution in [2.75, 3.05) is 33.4 Å². The number of methoxy groups -OCH3 is 1. The smallest absolute Gasteiger partial charge is 0.161 e. The van der Waals surface area contributed by atoms with Gasteiger partial charge in [-0.15, -0.1) is 0 Å². The molecule has 2 rings (SSSR count). The zero-order valence-electron chi connectivity index (χ0n) is 14.6. The number of rotatable bonds is 8. The van der Waals surface area contributed by atoms with E-state index in [1.807, 2.05) is 37.3 Å². The Morgan fingerprint density at radius 3 is 2.88 bits per heavy atom. The molecule has 134 valence electrons. The third-order valence-corrected chi connectivity index (χ3v) is 4.38. The zero-order chi connectivity index (χ0) is 17.4. The summed E-state index contributed by atoms with van der Waals surface area (Å²) in [7, 11) is 1.61. The number of nitrogens with zero attached hydrogens (tertiary/aromatic N) is 1. The van der Waals surface area contributed by atoms with Gasteiger partial charge < -0.3 is 19.7 Å². The quantitative estimate of drug-likeness (QED) is 0.763. The van der Waals surface area contributed by atoms with Crippen LogP contribution in [0, 0.1) is 0 Å². The number of hydrogen-bond donors (Lipinski definition) is 2. The van der Waals surface area contributed by atoms with E-state index in [-0.39, 0.29) is 19.3 Å². The fraction of sp³-hybridized carbons (Fsp3) is 0.579. The molecule has 0 aromatic heterocycles. The van der Waals surface area contributed by atoms with Crippen LogP contribution in [0.3, 0.4) is 0 Å². The average Bonchev–Trinajstić information content (AvgIpc) is 2.61. The third kappa shape index (κ3) is 5.23. The van der Waals surface area contributed by atoms with Crippen LogP contribution >= 0.6 is 0 Å². The lowest BCUT2D eigenvalue weighted by molar-refractivity contribution is 0.0228. The number of allylic oxidation sites excluding steroid dienone is 1. The lowest BCUT2D eigenvalue weighted by atomic mass is 10.0. The van der Waals surface area contributed by atoms with Gasteiger partial charge >= 0.3 is 0 Å². The molecule has 1 heterocycles. The number of ether oxygens (including phenoxy) is 2. The molecule has 0 amide bonds. The summed E-state index contributed by atoms with van der Waals surface area (Å²) in [6, 6.07) is 5.88. The maximum Gasteiger partial charge on any atom is 0.161 e. The van der Waals surface area contributed by atoms with Crippen molar-refractivity contribution in [2.45, 2.75) is 38.3 Å². The molecule has 0 aliphatic carbocycles. The first-order valence-corrected chi connectivity index (χ1v) is 8.64. The minimum absolute atomic E-state index is 0.147. The van der Waals surface area contributed by atoms with Crippen molar-refractivity contribution in [1.82, 2.24) is 4.90 Å². The Bertz CT molecular complexity index is 532. The molecule has 1 aliphatic rings. The molecule has 0 saturated carbocycles. The van der Waals surface area contributed by atoms with E-state index < -0.39 is 6.10 Å². The maximum absolute atomic E-state index is 10.3. The monoisotopic (exact) mass is 335 g/mol. The van der Waals surface area contributed by atoms with Crippen LogP contribution in [-0.2, 0) is 0 Å². The molecule has 1 aliphatic heterocycles. The second kappa shape index (κ2) is 9.67. The molecule has 2 N–H and O–H groups in total. The van der Waals surface area contributed by atoms with E-state index in [1.54, 1.807) is 7.11 Å². The van der Waals surface area contributed by atoms with E-state index in [2.05, 4.69) is 4.90 Å². The fourth-order valence-corrected chi connectivity index (χ4v) is 3.12. The molecule has 0 bridgehead atoms. The van der Waals surface area contributed by atoms with Gasteiger partial charge in [0.1, 0.15) is 12.7 Å². The van der Waals surface area contributed by atoms with E-state index in [1.165, 1.54) is 0 Å². The highest BCUT2D eigenvalue weighted by molar-refractivity contribution is 5.55. The lowest BCUT2D eigenvalue weighted by Crippen LogP contribution is -2.46. The zero-order valence-corrected chi connectivity index (χ0v) is 14.6. The van der Waals surface area contributed by atoms with Gasteiger partial charge in [-0.05, 0) is 44.0 Å². The summed E-state index contributed by atoms with van der Waals surface area (Å²) in [5.41, 5.74) is 1.04. The van der Waals surface area contributed by atoms with Crippen molar-refractivity contribution in [3.63, 3.8) is 0 Å². The van der Waals surface area contributed by atoms with Crippen LogP contribution in [0.15, 0.2) is 24.3 Å². The first-order valence-electron chi connectivity index (χ1n) is 8.64. The minimum atomic E-state index is -0.600. The largest absolute Gasteiger partial charge is 0.493 e. The van der Waals surface area contributed by atoms with Gasteiger partial charge in [-0.2, -0.15) is 0 Å². The first-order chi connectivity index (χ1) is 11.7.